The fourth-order valence-corrected chi connectivity index (χ4v) is 5.71. The lowest BCUT2D eigenvalue weighted by Crippen LogP contribution is -2.36. The summed E-state index contributed by atoms with van der Waals surface area (Å²) >= 11 is 0. The van der Waals surface area contributed by atoms with E-state index in [0.29, 0.717) is 51.7 Å². The molecule has 4 aromatic rings. The van der Waals surface area contributed by atoms with E-state index in [4.69, 9.17) is 14.2 Å². The molecule has 1 aliphatic carbocycles. The molecule has 3 heterocycles. The van der Waals surface area contributed by atoms with Gasteiger partial charge in [0.2, 0.25) is 5.91 Å². The molecule has 218 valence electrons. The lowest BCUT2D eigenvalue weighted by molar-refractivity contribution is -0.119. The van der Waals surface area contributed by atoms with E-state index in [-0.39, 0.29) is 5.92 Å². The highest BCUT2D eigenvalue weighted by molar-refractivity contribution is 6.22. The average Bonchev–Trinajstić information content (AvgIpc) is 3.34. The molecule has 2 aliphatic rings. The molecule has 13 nitrogen and oxygen atoms in total. The third-order valence-corrected chi connectivity index (χ3v) is 7.70. The smallest absolute Gasteiger partial charge is 0.435 e. The number of aryl methyl sites for hydroxylation is 1. The van der Waals surface area contributed by atoms with Gasteiger partial charge in [-0.05, 0) is 68.7 Å². The highest BCUT2D eigenvalue weighted by Gasteiger charge is 2.68. The maximum absolute atomic E-state index is 13.6. The number of carboxylic acid groups (broad SMARTS) is 1. The lowest BCUT2D eigenvalue weighted by atomic mass is 9.91. The summed E-state index contributed by atoms with van der Waals surface area (Å²) in [5.41, 5.74) is 0.310. The van der Waals surface area contributed by atoms with E-state index in [1.54, 1.807) is 63.0 Å². The summed E-state index contributed by atoms with van der Waals surface area (Å²) in [6, 6.07) is 10.4. The molecule has 42 heavy (non-hydrogen) atoms. The number of imide groups is 1. The maximum Gasteiger partial charge on any atom is 0.435 e. The standard InChI is InChI=1S/C29H30N6O7/c1-28(2,3)42-27(39)35-21-11-15(7-9-17(21)23(32-35)31-24-22(41-6)14-30-33(24)4)19-13-29(19)18-12-16(40-5)8-10-20(18)34(25(29)36)26(37)38/h7-12,14,19H,13H2,1-6H3,(H,31,32)(H,37,38)/t19-,29-/m0/s1. The molecule has 1 spiro atoms. The molecule has 2 amide bonds. The van der Waals surface area contributed by atoms with Crippen LogP contribution in [0.1, 0.15) is 44.2 Å². The van der Waals surface area contributed by atoms with Gasteiger partial charge in [0.15, 0.2) is 17.4 Å². The SMILES string of the molecule is COc1ccc2c(c1)[C@]1(C[C@H]1c1ccc3c(Nc4c(OC)cnn4C)nn(C(=O)OC(C)(C)C)c3c1)C(=O)N2C(=O)O. The highest BCUT2D eigenvalue weighted by atomic mass is 16.6. The van der Waals surface area contributed by atoms with Crippen LogP contribution in [0.5, 0.6) is 11.5 Å². The first kappa shape index (κ1) is 27.1. The van der Waals surface area contributed by atoms with Crippen LogP contribution in [0.15, 0.2) is 42.6 Å². The zero-order chi connectivity index (χ0) is 30.1. The topological polar surface area (TPSA) is 150 Å². The van der Waals surface area contributed by atoms with Gasteiger partial charge in [-0.2, -0.15) is 9.78 Å². The minimum absolute atomic E-state index is 0.326. The number of nitrogens with one attached hydrogen (secondary N) is 1. The molecule has 6 rings (SSSR count). The quantitative estimate of drug-likeness (QED) is 0.341. The predicted molar refractivity (Wildman–Crippen MR) is 152 cm³/mol. The van der Waals surface area contributed by atoms with E-state index in [1.807, 2.05) is 12.1 Å². The number of rotatable bonds is 5. The maximum atomic E-state index is 13.6. The van der Waals surface area contributed by atoms with Crippen molar-refractivity contribution in [2.75, 3.05) is 24.4 Å². The van der Waals surface area contributed by atoms with Gasteiger partial charge in [0.05, 0.1) is 37.0 Å². The van der Waals surface area contributed by atoms with Crippen LogP contribution in [0.3, 0.4) is 0 Å². The second kappa shape index (κ2) is 9.23. The molecule has 2 aromatic carbocycles. The van der Waals surface area contributed by atoms with Crippen molar-refractivity contribution < 1.29 is 33.7 Å². The monoisotopic (exact) mass is 574 g/mol. The molecule has 0 saturated heterocycles. The van der Waals surface area contributed by atoms with Crippen LogP contribution < -0.4 is 19.7 Å². The van der Waals surface area contributed by atoms with Crippen LogP contribution in [0.2, 0.25) is 0 Å². The largest absolute Gasteiger partial charge is 0.497 e. The van der Waals surface area contributed by atoms with Crippen LogP contribution in [0, 0.1) is 0 Å². The number of nitrogens with zero attached hydrogens (tertiary/aromatic N) is 5. The Bertz CT molecular complexity index is 1780. The summed E-state index contributed by atoms with van der Waals surface area (Å²) in [6.45, 7) is 5.30. The molecular formula is C29H30N6O7. The Morgan fingerprint density at radius 3 is 2.55 bits per heavy atom. The summed E-state index contributed by atoms with van der Waals surface area (Å²) in [7, 11) is 4.79. The number of carbonyl (C=O) groups excluding carboxylic acids is 2. The molecular weight excluding hydrogens is 544 g/mol. The second-order valence-electron chi connectivity index (χ2n) is 11.4. The van der Waals surface area contributed by atoms with Gasteiger partial charge in [-0.15, -0.1) is 5.10 Å². The number of benzene rings is 2. The Balaban J connectivity index is 1.46. The Hall–Kier alpha value is -5.07. The fourth-order valence-electron chi connectivity index (χ4n) is 5.71. The third kappa shape index (κ3) is 4.03. The van der Waals surface area contributed by atoms with Crippen molar-refractivity contribution in [3.8, 4) is 11.5 Å². The summed E-state index contributed by atoms with van der Waals surface area (Å²) in [4.78, 5) is 39.8. The molecule has 0 bridgehead atoms. The third-order valence-electron chi connectivity index (χ3n) is 7.70. The number of fused-ring (bicyclic) bond motifs is 3. The van der Waals surface area contributed by atoms with Crippen molar-refractivity contribution in [3.05, 3.63) is 53.7 Å². The predicted octanol–water partition coefficient (Wildman–Crippen LogP) is 4.76. The number of aromatic nitrogens is 4. The number of ether oxygens (including phenoxy) is 3. The summed E-state index contributed by atoms with van der Waals surface area (Å²) in [6.07, 6.45) is -0.0524. The number of hydrogen-bond donors (Lipinski definition) is 2. The van der Waals surface area contributed by atoms with E-state index in [1.165, 1.54) is 18.9 Å². The van der Waals surface area contributed by atoms with Crippen molar-refractivity contribution in [1.82, 2.24) is 19.6 Å². The first-order valence-corrected chi connectivity index (χ1v) is 13.2. The zero-order valence-corrected chi connectivity index (χ0v) is 24.0. The van der Waals surface area contributed by atoms with Gasteiger partial charge in [-0.1, -0.05) is 6.07 Å². The Morgan fingerprint density at radius 1 is 1.12 bits per heavy atom. The van der Waals surface area contributed by atoms with E-state index in [2.05, 4.69) is 15.5 Å². The highest BCUT2D eigenvalue weighted by Crippen LogP contribution is 2.67. The number of hydrogen-bond acceptors (Lipinski definition) is 9. The molecule has 2 N–H and O–H groups in total. The average molecular weight is 575 g/mol. The lowest BCUT2D eigenvalue weighted by Gasteiger charge is -2.19. The molecule has 2 aromatic heterocycles. The molecule has 1 saturated carbocycles. The zero-order valence-electron chi connectivity index (χ0n) is 24.0. The van der Waals surface area contributed by atoms with Crippen LogP contribution in [0.25, 0.3) is 10.9 Å². The Labute approximate surface area is 240 Å². The fraction of sp³-hybridized carbons (Fsp3) is 0.345. The first-order valence-electron chi connectivity index (χ1n) is 13.2. The van der Waals surface area contributed by atoms with Gasteiger partial charge in [0.25, 0.3) is 0 Å². The van der Waals surface area contributed by atoms with E-state index >= 15 is 0 Å². The van der Waals surface area contributed by atoms with Crippen molar-refractivity contribution in [3.63, 3.8) is 0 Å². The minimum Gasteiger partial charge on any atom is -0.497 e. The minimum atomic E-state index is -1.34. The first-order chi connectivity index (χ1) is 19.9. The van der Waals surface area contributed by atoms with Gasteiger partial charge in [0.1, 0.15) is 11.4 Å². The van der Waals surface area contributed by atoms with E-state index < -0.39 is 29.1 Å². The summed E-state index contributed by atoms with van der Waals surface area (Å²) in [5, 5.41) is 22.5. The van der Waals surface area contributed by atoms with Crippen LogP contribution in [0.4, 0.5) is 26.9 Å². The number of carbonyl (C=O) groups is 3. The van der Waals surface area contributed by atoms with Crippen molar-refractivity contribution >= 4 is 46.3 Å². The van der Waals surface area contributed by atoms with Gasteiger partial charge in [0, 0.05) is 18.4 Å². The molecule has 1 aliphatic heterocycles. The molecule has 1 fully saturated rings. The van der Waals surface area contributed by atoms with Crippen LogP contribution in [-0.4, -0.2) is 62.6 Å². The summed E-state index contributed by atoms with van der Waals surface area (Å²) in [5.74, 6) is 1.09. The summed E-state index contributed by atoms with van der Waals surface area (Å²) < 4.78 is 19.2. The van der Waals surface area contributed by atoms with Crippen LogP contribution in [-0.2, 0) is 22.0 Å². The van der Waals surface area contributed by atoms with Crippen molar-refractivity contribution in [2.24, 2.45) is 7.05 Å². The van der Waals surface area contributed by atoms with Gasteiger partial charge in [-0.3, -0.25) is 4.79 Å². The van der Waals surface area contributed by atoms with E-state index in [0.717, 1.165) is 10.5 Å². The number of anilines is 3. The van der Waals surface area contributed by atoms with Crippen molar-refractivity contribution in [1.29, 1.82) is 0 Å². The van der Waals surface area contributed by atoms with Crippen LogP contribution >= 0.6 is 0 Å². The van der Waals surface area contributed by atoms with Gasteiger partial charge < -0.3 is 24.6 Å². The Morgan fingerprint density at radius 2 is 1.88 bits per heavy atom. The number of methoxy groups -OCH3 is 2. The van der Waals surface area contributed by atoms with E-state index in [9.17, 15) is 19.5 Å². The van der Waals surface area contributed by atoms with Gasteiger partial charge in [-0.25, -0.2) is 19.2 Å². The number of amides is 2. The Kier molecular flexibility index (Phi) is 5.96. The molecule has 0 radical (unpaired) electrons. The molecule has 0 unspecified atom stereocenters. The molecule has 2 atom stereocenters. The second-order valence-corrected chi connectivity index (χ2v) is 11.4. The van der Waals surface area contributed by atoms with Crippen molar-refractivity contribution in [2.45, 2.75) is 44.1 Å². The molecule has 13 heteroatoms. The normalized spacial score (nSPS) is 19.2. The van der Waals surface area contributed by atoms with Gasteiger partial charge >= 0.3 is 12.2 Å².